The van der Waals surface area contributed by atoms with E-state index in [2.05, 4.69) is 41.8 Å². The number of anilines is 1. The number of carbonyl (C=O) groups excluding carboxylic acids is 1. The summed E-state index contributed by atoms with van der Waals surface area (Å²) in [6.45, 7) is 3.38. The van der Waals surface area contributed by atoms with Gasteiger partial charge < -0.3 is 15.4 Å². The van der Waals surface area contributed by atoms with Crippen LogP contribution < -0.4 is 15.4 Å². The van der Waals surface area contributed by atoms with Gasteiger partial charge in [0.15, 0.2) is 0 Å². The number of benzene rings is 2. The second-order valence-electron chi connectivity index (χ2n) is 5.64. The predicted octanol–water partition coefficient (Wildman–Crippen LogP) is 3.42. The van der Waals surface area contributed by atoms with Crippen molar-refractivity contribution in [1.29, 1.82) is 0 Å². The lowest BCUT2D eigenvalue weighted by Gasteiger charge is -2.10. The van der Waals surface area contributed by atoms with Crippen molar-refractivity contribution in [3.63, 3.8) is 0 Å². The average Bonchev–Trinajstić information content (AvgIpc) is 2.62. The van der Waals surface area contributed by atoms with Gasteiger partial charge in [0, 0.05) is 25.2 Å². The number of methoxy groups -OCH3 is 1. The van der Waals surface area contributed by atoms with Crippen molar-refractivity contribution in [2.75, 3.05) is 25.5 Å². The van der Waals surface area contributed by atoms with Crippen LogP contribution in [0.4, 0.5) is 5.69 Å². The largest absolute Gasteiger partial charge is 0.496 e. The summed E-state index contributed by atoms with van der Waals surface area (Å²) < 4.78 is 5.31. The van der Waals surface area contributed by atoms with Crippen LogP contribution in [-0.4, -0.2) is 26.1 Å². The Kier molecular flexibility index (Phi) is 7.15. The van der Waals surface area contributed by atoms with Crippen LogP contribution in [0, 0.1) is 0 Å². The van der Waals surface area contributed by atoms with Crippen LogP contribution in [0.1, 0.15) is 24.5 Å². The highest BCUT2D eigenvalue weighted by molar-refractivity contribution is 5.76. The van der Waals surface area contributed by atoms with Crippen molar-refractivity contribution < 1.29 is 9.53 Å². The van der Waals surface area contributed by atoms with Crippen LogP contribution in [0.2, 0.25) is 0 Å². The van der Waals surface area contributed by atoms with Gasteiger partial charge in [-0.3, -0.25) is 4.79 Å². The predicted molar refractivity (Wildman–Crippen MR) is 98.6 cm³/mol. The molecule has 0 heterocycles. The van der Waals surface area contributed by atoms with Crippen LogP contribution in [0.25, 0.3) is 0 Å². The molecular formula is C20H26N2O2. The topological polar surface area (TPSA) is 50.4 Å². The van der Waals surface area contributed by atoms with E-state index >= 15 is 0 Å². The van der Waals surface area contributed by atoms with Gasteiger partial charge >= 0.3 is 0 Å². The number of aryl methyl sites for hydroxylation is 1. The molecule has 0 aliphatic heterocycles. The summed E-state index contributed by atoms with van der Waals surface area (Å²) in [7, 11) is 1.66. The maximum atomic E-state index is 11.9. The zero-order chi connectivity index (χ0) is 17.2. The smallest absolute Gasteiger partial charge is 0.221 e. The molecule has 0 aliphatic carbocycles. The number of ether oxygens (including phenoxy) is 1. The van der Waals surface area contributed by atoms with Gasteiger partial charge in [-0.2, -0.15) is 0 Å². The summed E-state index contributed by atoms with van der Waals surface area (Å²) in [6, 6.07) is 16.2. The van der Waals surface area contributed by atoms with E-state index in [4.69, 9.17) is 4.74 Å². The molecule has 0 aromatic heterocycles. The molecule has 0 aliphatic rings. The number of para-hydroxylation sites is 1. The van der Waals surface area contributed by atoms with Crippen molar-refractivity contribution in [3.05, 3.63) is 59.7 Å². The number of hydrogen-bond acceptors (Lipinski definition) is 3. The number of amides is 1. The first kappa shape index (κ1) is 17.9. The molecule has 2 N–H and O–H groups in total. The first-order valence-electron chi connectivity index (χ1n) is 8.44. The van der Waals surface area contributed by atoms with E-state index in [1.807, 2.05) is 24.3 Å². The van der Waals surface area contributed by atoms with Gasteiger partial charge in [-0.1, -0.05) is 37.3 Å². The third-order valence-electron chi connectivity index (χ3n) is 3.95. The van der Waals surface area contributed by atoms with Gasteiger partial charge in [0.25, 0.3) is 0 Å². The third-order valence-corrected chi connectivity index (χ3v) is 3.95. The zero-order valence-electron chi connectivity index (χ0n) is 14.5. The molecule has 0 spiro atoms. The zero-order valence-corrected chi connectivity index (χ0v) is 14.5. The Labute approximate surface area is 144 Å². The monoisotopic (exact) mass is 326 g/mol. The molecule has 4 nitrogen and oxygen atoms in total. The summed E-state index contributed by atoms with van der Waals surface area (Å²) in [4.78, 5) is 11.9. The van der Waals surface area contributed by atoms with E-state index in [0.29, 0.717) is 19.5 Å². The van der Waals surface area contributed by atoms with Gasteiger partial charge in [-0.15, -0.1) is 0 Å². The van der Waals surface area contributed by atoms with E-state index in [-0.39, 0.29) is 5.91 Å². The molecule has 0 radical (unpaired) electrons. The summed E-state index contributed by atoms with van der Waals surface area (Å²) in [6.07, 6.45) is 2.26. The van der Waals surface area contributed by atoms with E-state index in [9.17, 15) is 4.79 Å². The number of carbonyl (C=O) groups is 1. The molecule has 0 atom stereocenters. The third kappa shape index (κ3) is 5.61. The fourth-order valence-electron chi connectivity index (χ4n) is 2.51. The van der Waals surface area contributed by atoms with Crippen LogP contribution in [0.3, 0.4) is 0 Å². The standard InChI is InChI=1S/C20H26N2O2/c1-3-16-8-10-18(11-9-16)21-15-13-20(23)22-14-12-17-6-4-5-7-19(17)24-2/h4-11,21H,3,12-15H2,1-2H3,(H,22,23). The summed E-state index contributed by atoms with van der Waals surface area (Å²) in [5.41, 5.74) is 3.47. The van der Waals surface area contributed by atoms with Gasteiger partial charge in [-0.25, -0.2) is 0 Å². The molecule has 0 bridgehead atoms. The molecule has 0 unspecified atom stereocenters. The molecule has 2 aromatic carbocycles. The highest BCUT2D eigenvalue weighted by Crippen LogP contribution is 2.17. The molecule has 2 rings (SSSR count). The Morgan fingerprint density at radius 3 is 2.50 bits per heavy atom. The molecule has 0 saturated carbocycles. The Bertz CT molecular complexity index is 638. The molecule has 0 fully saturated rings. The fourth-order valence-corrected chi connectivity index (χ4v) is 2.51. The molecule has 1 amide bonds. The first-order valence-corrected chi connectivity index (χ1v) is 8.44. The second-order valence-corrected chi connectivity index (χ2v) is 5.64. The summed E-state index contributed by atoms with van der Waals surface area (Å²) in [5, 5.41) is 6.22. The number of hydrogen-bond donors (Lipinski definition) is 2. The maximum absolute atomic E-state index is 11.9. The Morgan fingerprint density at radius 1 is 1.04 bits per heavy atom. The summed E-state index contributed by atoms with van der Waals surface area (Å²) >= 11 is 0. The van der Waals surface area contributed by atoms with Crippen LogP contribution >= 0.6 is 0 Å². The fraction of sp³-hybridized carbons (Fsp3) is 0.350. The quantitative estimate of drug-likeness (QED) is 0.742. The van der Waals surface area contributed by atoms with Crippen molar-refractivity contribution in [1.82, 2.24) is 5.32 Å². The normalized spacial score (nSPS) is 10.2. The SMILES string of the molecule is CCc1ccc(NCCC(=O)NCCc2ccccc2OC)cc1. The first-order chi connectivity index (χ1) is 11.7. The van der Waals surface area contributed by atoms with Crippen LogP contribution in [0.5, 0.6) is 5.75 Å². The van der Waals surface area contributed by atoms with Crippen molar-refractivity contribution in [3.8, 4) is 5.75 Å². The molecule has 2 aromatic rings. The molecule has 128 valence electrons. The highest BCUT2D eigenvalue weighted by Gasteiger charge is 2.04. The molecule has 4 heteroatoms. The number of nitrogens with one attached hydrogen (secondary N) is 2. The van der Waals surface area contributed by atoms with Crippen LogP contribution in [-0.2, 0) is 17.6 Å². The number of rotatable bonds is 9. The maximum Gasteiger partial charge on any atom is 0.221 e. The van der Waals surface area contributed by atoms with Gasteiger partial charge in [0.05, 0.1) is 7.11 Å². The van der Waals surface area contributed by atoms with Gasteiger partial charge in [0.2, 0.25) is 5.91 Å². The molecule has 0 saturated heterocycles. The Morgan fingerprint density at radius 2 is 1.79 bits per heavy atom. The van der Waals surface area contributed by atoms with E-state index < -0.39 is 0 Å². The lowest BCUT2D eigenvalue weighted by atomic mass is 10.1. The minimum Gasteiger partial charge on any atom is -0.496 e. The molecule has 24 heavy (non-hydrogen) atoms. The molecular weight excluding hydrogens is 300 g/mol. The lowest BCUT2D eigenvalue weighted by Crippen LogP contribution is -2.27. The van der Waals surface area contributed by atoms with Gasteiger partial charge in [-0.05, 0) is 42.2 Å². The van der Waals surface area contributed by atoms with Crippen molar-refractivity contribution in [2.45, 2.75) is 26.2 Å². The van der Waals surface area contributed by atoms with E-state index in [0.717, 1.165) is 29.8 Å². The van der Waals surface area contributed by atoms with Crippen molar-refractivity contribution in [2.24, 2.45) is 0 Å². The summed E-state index contributed by atoms with van der Waals surface area (Å²) in [5.74, 6) is 0.923. The average molecular weight is 326 g/mol. The van der Waals surface area contributed by atoms with Crippen LogP contribution in [0.15, 0.2) is 48.5 Å². The van der Waals surface area contributed by atoms with Gasteiger partial charge in [0.1, 0.15) is 5.75 Å². The minimum atomic E-state index is 0.0579. The second kappa shape index (κ2) is 9.60. The Hall–Kier alpha value is -2.49. The van der Waals surface area contributed by atoms with Crippen molar-refractivity contribution >= 4 is 11.6 Å². The lowest BCUT2D eigenvalue weighted by molar-refractivity contribution is -0.120. The van der Waals surface area contributed by atoms with E-state index in [1.54, 1.807) is 7.11 Å². The minimum absolute atomic E-state index is 0.0579. The Balaban J connectivity index is 1.66. The highest BCUT2D eigenvalue weighted by atomic mass is 16.5. The van der Waals surface area contributed by atoms with E-state index in [1.165, 1.54) is 5.56 Å².